The number of fused-ring (bicyclic) bond motifs is 1. The highest BCUT2D eigenvalue weighted by molar-refractivity contribution is 7.92. The van der Waals surface area contributed by atoms with Gasteiger partial charge < -0.3 is 4.74 Å². The van der Waals surface area contributed by atoms with E-state index in [1.165, 1.54) is 28.8 Å². The molecule has 0 radical (unpaired) electrons. The fraction of sp³-hybridized carbons (Fsp3) is 0.333. The summed E-state index contributed by atoms with van der Waals surface area (Å²) in [5.74, 6) is -0.306. The predicted octanol–water partition coefficient (Wildman–Crippen LogP) is 7.54. The lowest BCUT2D eigenvalue weighted by Gasteiger charge is -2.29. The number of aryl methyl sites for hydroxylation is 1. The number of sulfonamides is 1. The Hall–Kier alpha value is -3.68. The highest BCUT2D eigenvalue weighted by atomic mass is 32.2. The average Bonchev–Trinajstić information content (AvgIpc) is 2.99. The molecule has 5 nitrogen and oxygen atoms in total. The van der Waals surface area contributed by atoms with Crippen LogP contribution in [0.3, 0.4) is 0 Å². The zero-order valence-electron chi connectivity index (χ0n) is 25.3. The van der Waals surface area contributed by atoms with E-state index in [0.717, 1.165) is 56.4 Å². The van der Waals surface area contributed by atoms with Crippen LogP contribution in [-0.4, -0.2) is 33.0 Å². The van der Waals surface area contributed by atoms with Crippen LogP contribution in [0.5, 0.6) is 5.75 Å². The molecule has 0 spiro atoms. The van der Waals surface area contributed by atoms with Gasteiger partial charge in [0.1, 0.15) is 5.75 Å². The molecule has 7 heteroatoms. The number of nitrogens with zero attached hydrogens (tertiary/aromatic N) is 1. The molecule has 4 aromatic rings. The Bertz CT molecular complexity index is 1630. The molecular formula is C36H41FN2O3S. The highest BCUT2D eigenvalue weighted by Gasteiger charge is 2.22. The van der Waals surface area contributed by atoms with Crippen LogP contribution in [-0.2, 0) is 41.2 Å². The van der Waals surface area contributed by atoms with E-state index in [2.05, 4.69) is 66.8 Å². The third-order valence-electron chi connectivity index (χ3n) is 8.02. The minimum absolute atomic E-state index is 0.101. The van der Waals surface area contributed by atoms with Crippen molar-refractivity contribution >= 4 is 15.7 Å². The molecule has 1 aliphatic heterocycles. The number of hydrogen-bond acceptors (Lipinski definition) is 4. The second kappa shape index (κ2) is 13.3. The topological polar surface area (TPSA) is 58.6 Å². The Morgan fingerprint density at radius 2 is 1.60 bits per heavy atom. The molecule has 226 valence electrons. The molecule has 1 N–H and O–H groups in total. The van der Waals surface area contributed by atoms with Crippen molar-refractivity contribution in [1.82, 2.24) is 4.90 Å². The van der Waals surface area contributed by atoms with E-state index in [0.29, 0.717) is 12.4 Å². The average molecular weight is 601 g/mol. The van der Waals surface area contributed by atoms with Gasteiger partial charge in [0.2, 0.25) is 0 Å². The Kier molecular flexibility index (Phi) is 9.52. The van der Waals surface area contributed by atoms with Crippen molar-refractivity contribution in [2.24, 2.45) is 0 Å². The zero-order valence-corrected chi connectivity index (χ0v) is 26.1. The maximum absolute atomic E-state index is 14.8. The van der Waals surface area contributed by atoms with Gasteiger partial charge in [0.25, 0.3) is 10.0 Å². The molecular weight excluding hydrogens is 559 g/mol. The summed E-state index contributed by atoms with van der Waals surface area (Å²) in [5, 5.41) is 0. The predicted molar refractivity (Wildman–Crippen MR) is 172 cm³/mol. The highest BCUT2D eigenvalue weighted by Crippen LogP contribution is 2.27. The van der Waals surface area contributed by atoms with Gasteiger partial charge in [-0.15, -0.1) is 0 Å². The van der Waals surface area contributed by atoms with Gasteiger partial charge in [-0.2, -0.15) is 0 Å². The van der Waals surface area contributed by atoms with Crippen molar-refractivity contribution in [2.45, 2.75) is 63.3 Å². The summed E-state index contributed by atoms with van der Waals surface area (Å²) < 4.78 is 49.3. The van der Waals surface area contributed by atoms with Gasteiger partial charge in [0.05, 0.1) is 17.2 Å². The van der Waals surface area contributed by atoms with Gasteiger partial charge in [0.15, 0.2) is 5.82 Å². The molecule has 0 saturated heterocycles. The van der Waals surface area contributed by atoms with E-state index < -0.39 is 15.8 Å². The summed E-state index contributed by atoms with van der Waals surface area (Å²) in [7, 11) is -3.95. The van der Waals surface area contributed by atoms with Crippen molar-refractivity contribution in [3.8, 4) is 5.75 Å². The molecule has 0 saturated carbocycles. The van der Waals surface area contributed by atoms with Gasteiger partial charge in [-0.25, -0.2) is 12.8 Å². The van der Waals surface area contributed by atoms with Crippen LogP contribution in [0.25, 0.3) is 0 Å². The fourth-order valence-corrected chi connectivity index (χ4v) is 6.51. The number of rotatable bonds is 11. The summed E-state index contributed by atoms with van der Waals surface area (Å²) in [6.07, 6.45) is 3.40. The van der Waals surface area contributed by atoms with Crippen LogP contribution in [0, 0.1) is 5.82 Å². The van der Waals surface area contributed by atoms with Gasteiger partial charge >= 0.3 is 0 Å². The standard InChI is InChI=1S/C36H41FN2O3S/c1-36(2,3)31-14-11-28(12-15-31)19-21-39-22-20-29-24-33(17-13-30(29)26-39)43(40,41)38-35-18-16-32(25-34(35)37)42-23-7-10-27-8-5-4-6-9-27/h4-6,8-9,11-18,24-25,38H,7,10,19-23,26H2,1-3H3. The minimum Gasteiger partial charge on any atom is -0.493 e. The smallest absolute Gasteiger partial charge is 0.261 e. The van der Waals surface area contributed by atoms with Crippen molar-refractivity contribution in [1.29, 1.82) is 0 Å². The molecule has 0 aromatic heterocycles. The normalized spacial score (nSPS) is 13.9. The van der Waals surface area contributed by atoms with E-state index in [9.17, 15) is 12.8 Å². The van der Waals surface area contributed by atoms with Crippen LogP contribution in [0.4, 0.5) is 10.1 Å². The van der Waals surface area contributed by atoms with E-state index in [1.807, 2.05) is 24.3 Å². The molecule has 0 fully saturated rings. The third kappa shape index (κ3) is 8.24. The quantitative estimate of drug-likeness (QED) is 0.181. The maximum atomic E-state index is 14.8. The molecule has 0 unspecified atom stereocenters. The number of anilines is 1. The molecule has 1 heterocycles. The second-order valence-corrected chi connectivity index (χ2v) is 14.0. The maximum Gasteiger partial charge on any atom is 0.261 e. The van der Waals surface area contributed by atoms with Crippen LogP contribution in [0.1, 0.15) is 55.0 Å². The lowest BCUT2D eigenvalue weighted by Crippen LogP contribution is -2.32. The Labute approximate surface area is 255 Å². The molecule has 0 amide bonds. The number of nitrogens with one attached hydrogen (secondary N) is 1. The van der Waals surface area contributed by atoms with Gasteiger partial charge in [0, 0.05) is 25.7 Å². The van der Waals surface area contributed by atoms with E-state index in [-0.39, 0.29) is 16.0 Å². The minimum atomic E-state index is -3.95. The lowest BCUT2D eigenvalue weighted by atomic mass is 9.86. The van der Waals surface area contributed by atoms with Crippen LogP contribution >= 0.6 is 0 Å². The van der Waals surface area contributed by atoms with Gasteiger partial charge in [-0.1, -0.05) is 81.4 Å². The van der Waals surface area contributed by atoms with E-state index in [1.54, 1.807) is 18.2 Å². The lowest BCUT2D eigenvalue weighted by molar-refractivity contribution is 0.257. The Morgan fingerprint density at radius 1 is 0.860 bits per heavy atom. The second-order valence-electron chi connectivity index (χ2n) is 12.3. The van der Waals surface area contributed by atoms with Crippen molar-refractivity contribution in [3.05, 3.63) is 125 Å². The number of benzene rings is 4. The van der Waals surface area contributed by atoms with Crippen LogP contribution in [0.15, 0.2) is 95.9 Å². The number of hydrogen-bond donors (Lipinski definition) is 1. The van der Waals surface area contributed by atoms with Crippen LogP contribution < -0.4 is 9.46 Å². The summed E-state index contributed by atoms with van der Waals surface area (Å²) in [4.78, 5) is 2.55. The first kappa shape index (κ1) is 30.8. The largest absolute Gasteiger partial charge is 0.493 e. The van der Waals surface area contributed by atoms with Crippen molar-refractivity contribution in [2.75, 3.05) is 24.4 Å². The first-order valence-corrected chi connectivity index (χ1v) is 16.5. The summed E-state index contributed by atoms with van der Waals surface area (Å²) in [6, 6.07) is 28.4. The molecule has 5 rings (SSSR count). The molecule has 1 aliphatic rings. The van der Waals surface area contributed by atoms with Crippen molar-refractivity contribution < 1.29 is 17.5 Å². The first-order valence-electron chi connectivity index (χ1n) is 15.0. The summed E-state index contributed by atoms with van der Waals surface area (Å²) in [6.45, 7) is 9.70. The Balaban J connectivity index is 1.14. The van der Waals surface area contributed by atoms with Crippen molar-refractivity contribution in [3.63, 3.8) is 0 Å². The fourth-order valence-electron chi connectivity index (χ4n) is 5.39. The van der Waals surface area contributed by atoms with Gasteiger partial charge in [-0.3, -0.25) is 9.62 Å². The number of halogens is 1. The molecule has 43 heavy (non-hydrogen) atoms. The van der Waals surface area contributed by atoms with E-state index >= 15 is 0 Å². The SMILES string of the molecule is CC(C)(C)c1ccc(CCN2CCc3cc(S(=O)(=O)Nc4ccc(OCCCc5ccccc5)cc4F)ccc3C2)cc1. The first-order chi connectivity index (χ1) is 20.6. The third-order valence-corrected chi connectivity index (χ3v) is 9.39. The summed E-state index contributed by atoms with van der Waals surface area (Å²) in [5.41, 5.74) is 6.08. The summed E-state index contributed by atoms with van der Waals surface area (Å²) >= 11 is 0. The van der Waals surface area contributed by atoms with E-state index in [4.69, 9.17) is 4.74 Å². The monoisotopic (exact) mass is 600 g/mol. The van der Waals surface area contributed by atoms with Gasteiger partial charge in [-0.05, 0) is 83.2 Å². The molecule has 0 aliphatic carbocycles. The number of ether oxygens (including phenoxy) is 1. The molecule has 0 bridgehead atoms. The Morgan fingerprint density at radius 3 is 2.33 bits per heavy atom. The van der Waals surface area contributed by atoms with Crippen LogP contribution in [0.2, 0.25) is 0 Å². The molecule has 4 aromatic carbocycles. The molecule has 0 atom stereocenters. The zero-order chi connectivity index (χ0) is 30.5.